The van der Waals surface area contributed by atoms with Crippen molar-refractivity contribution in [2.45, 2.75) is 31.7 Å². The molecule has 2 fully saturated rings. The van der Waals surface area contributed by atoms with E-state index in [1.54, 1.807) is 0 Å². The van der Waals surface area contributed by atoms with Gasteiger partial charge in [-0.3, -0.25) is 4.90 Å². The third-order valence-corrected chi connectivity index (χ3v) is 3.50. The van der Waals surface area contributed by atoms with Gasteiger partial charge in [-0.2, -0.15) is 5.26 Å². The third kappa shape index (κ3) is 1.13. The topological polar surface area (TPSA) is 27.0 Å². The van der Waals surface area contributed by atoms with Crippen LogP contribution in [0.2, 0.25) is 0 Å². The van der Waals surface area contributed by atoms with E-state index in [-0.39, 0.29) is 6.04 Å². The van der Waals surface area contributed by atoms with Gasteiger partial charge in [0, 0.05) is 6.54 Å². The number of likely N-dealkylation sites (tertiary alicyclic amines) is 1. The molecule has 0 amide bonds. The first kappa shape index (κ1) is 8.07. The Balaban J connectivity index is 2.11. The highest BCUT2D eigenvalue weighted by atomic mass is 15.2. The average molecular weight is 164 g/mol. The third-order valence-electron chi connectivity index (χ3n) is 3.50. The number of nitrogens with zero attached hydrogens (tertiary/aromatic N) is 2. The molecule has 3 atom stereocenters. The molecule has 0 spiro atoms. The fourth-order valence-electron chi connectivity index (χ4n) is 2.88. The Labute approximate surface area is 74.2 Å². The van der Waals surface area contributed by atoms with Crippen molar-refractivity contribution in [1.29, 1.82) is 5.26 Å². The van der Waals surface area contributed by atoms with Crippen LogP contribution in [0.3, 0.4) is 0 Å². The Kier molecular flexibility index (Phi) is 2.06. The van der Waals surface area contributed by atoms with Crippen molar-refractivity contribution in [2.24, 2.45) is 11.8 Å². The van der Waals surface area contributed by atoms with Crippen LogP contribution < -0.4 is 0 Å². The Morgan fingerprint density at radius 1 is 1.33 bits per heavy atom. The minimum Gasteiger partial charge on any atom is -0.291 e. The van der Waals surface area contributed by atoms with Gasteiger partial charge >= 0.3 is 0 Å². The summed E-state index contributed by atoms with van der Waals surface area (Å²) in [6.45, 7) is 1.16. The summed E-state index contributed by atoms with van der Waals surface area (Å²) in [5.41, 5.74) is 0. The lowest BCUT2D eigenvalue weighted by atomic mass is 9.79. The fraction of sp³-hybridized carbons (Fsp3) is 0.900. The smallest absolute Gasteiger partial charge is 0.101 e. The van der Waals surface area contributed by atoms with Crippen LogP contribution in [0.15, 0.2) is 0 Å². The number of nitriles is 1. The molecule has 1 aliphatic heterocycles. The highest BCUT2D eigenvalue weighted by Crippen LogP contribution is 2.39. The van der Waals surface area contributed by atoms with Crippen LogP contribution in [-0.2, 0) is 0 Å². The van der Waals surface area contributed by atoms with Crippen molar-refractivity contribution < 1.29 is 0 Å². The highest BCUT2D eigenvalue weighted by Gasteiger charge is 2.40. The lowest BCUT2D eigenvalue weighted by molar-refractivity contribution is 0.275. The van der Waals surface area contributed by atoms with Gasteiger partial charge in [-0.05, 0) is 31.7 Å². The molecule has 0 aromatic carbocycles. The van der Waals surface area contributed by atoms with Gasteiger partial charge in [0.05, 0.1) is 6.07 Å². The lowest BCUT2D eigenvalue weighted by Crippen LogP contribution is -2.28. The van der Waals surface area contributed by atoms with E-state index in [1.165, 1.54) is 25.7 Å². The van der Waals surface area contributed by atoms with Crippen molar-refractivity contribution >= 4 is 0 Å². The van der Waals surface area contributed by atoms with Crippen LogP contribution in [0.25, 0.3) is 0 Å². The van der Waals surface area contributed by atoms with Crippen molar-refractivity contribution in [3.05, 3.63) is 0 Å². The Bertz CT molecular complexity index is 206. The maximum Gasteiger partial charge on any atom is 0.101 e. The predicted octanol–water partition coefficient (Wildman–Crippen LogP) is 1.63. The second-order valence-corrected chi connectivity index (χ2v) is 4.22. The van der Waals surface area contributed by atoms with E-state index in [1.807, 2.05) is 0 Å². The van der Waals surface area contributed by atoms with Crippen molar-refractivity contribution in [3.8, 4) is 6.07 Å². The summed E-state index contributed by atoms with van der Waals surface area (Å²) >= 11 is 0. The van der Waals surface area contributed by atoms with Crippen LogP contribution in [0.5, 0.6) is 0 Å². The minimum absolute atomic E-state index is 0.218. The lowest BCUT2D eigenvalue weighted by Gasteiger charge is -2.25. The molecule has 0 bridgehead atoms. The highest BCUT2D eigenvalue weighted by molar-refractivity contribution is 5.04. The van der Waals surface area contributed by atoms with Gasteiger partial charge in [0.2, 0.25) is 0 Å². The molecular formula is C10H16N2. The van der Waals surface area contributed by atoms with E-state index in [0.29, 0.717) is 5.92 Å². The zero-order chi connectivity index (χ0) is 8.55. The molecule has 1 aliphatic carbocycles. The van der Waals surface area contributed by atoms with E-state index in [9.17, 15) is 0 Å². The van der Waals surface area contributed by atoms with E-state index in [4.69, 9.17) is 5.26 Å². The molecular weight excluding hydrogens is 148 g/mol. The standard InChI is InChI=1S/C10H16N2/c1-12-7-8-4-2-3-5-9(8)10(12)6-11/h8-10H,2-5,7H2,1H3. The zero-order valence-electron chi connectivity index (χ0n) is 7.66. The van der Waals surface area contributed by atoms with Crippen LogP contribution in [0.4, 0.5) is 0 Å². The zero-order valence-corrected chi connectivity index (χ0v) is 7.66. The number of fused-ring (bicyclic) bond motifs is 1. The maximum atomic E-state index is 8.98. The van der Waals surface area contributed by atoms with Crippen molar-refractivity contribution in [2.75, 3.05) is 13.6 Å². The molecule has 3 unspecified atom stereocenters. The van der Waals surface area contributed by atoms with Crippen molar-refractivity contribution in [1.82, 2.24) is 4.90 Å². The minimum atomic E-state index is 0.218. The van der Waals surface area contributed by atoms with Gasteiger partial charge in [0.1, 0.15) is 6.04 Å². The molecule has 12 heavy (non-hydrogen) atoms. The molecule has 0 N–H and O–H groups in total. The fourth-order valence-corrected chi connectivity index (χ4v) is 2.88. The van der Waals surface area contributed by atoms with Gasteiger partial charge in [-0.1, -0.05) is 12.8 Å². The summed E-state index contributed by atoms with van der Waals surface area (Å²) in [6, 6.07) is 2.66. The van der Waals surface area contributed by atoms with Gasteiger partial charge < -0.3 is 0 Å². The maximum absolute atomic E-state index is 8.98. The van der Waals surface area contributed by atoms with Crippen LogP contribution in [-0.4, -0.2) is 24.5 Å². The van der Waals surface area contributed by atoms with Crippen LogP contribution >= 0.6 is 0 Å². The number of hydrogen-bond donors (Lipinski definition) is 0. The quantitative estimate of drug-likeness (QED) is 0.544. The molecule has 0 radical (unpaired) electrons. The predicted molar refractivity (Wildman–Crippen MR) is 47.5 cm³/mol. The molecule has 1 heterocycles. The Morgan fingerprint density at radius 2 is 2.08 bits per heavy atom. The molecule has 66 valence electrons. The first-order valence-electron chi connectivity index (χ1n) is 4.93. The molecule has 2 rings (SSSR count). The first-order valence-corrected chi connectivity index (χ1v) is 4.93. The largest absolute Gasteiger partial charge is 0.291 e. The van der Waals surface area contributed by atoms with Gasteiger partial charge in [0.25, 0.3) is 0 Å². The first-order chi connectivity index (χ1) is 5.83. The second kappa shape index (κ2) is 3.06. The molecule has 0 aromatic heterocycles. The van der Waals surface area contributed by atoms with E-state index < -0.39 is 0 Å². The molecule has 2 nitrogen and oxygen atoms in total. The number of hydrogen-bond acceptors (Lipinski definition) is 2. The van der Waals surface area contributed by atoms with Gasteiger partial charge in [-0.25, -0.2) is 0 Å². The Hall–Kier alpha value is -0.550. The van der Waals surface area contributed by atoms with E-state index in [2.05, 4.69) is 18.0 Å². The summed E-state index contributed by atoms with van der Waals surface area (Å²) in [5.74, 6) is 1.52. The molecule has 1 saturated heterocycles. The molecule has 2 aliphatic rings. The van der Waals surface area contributed by atoms with Crippen LogP contribution in [0, 0.1) is 23.2 Å². The average Bonchev–Trinajstić information content (AvgIpc) is 2.40. The molecule has 0 aromatic rings. The number of rotatable bonds is 0. The normalized spacial score (nSPS) is 42.2. The van der Waals surface area contributed by atoms with Gasteiger partial charge in [-0.15, -0.1) is 0 Å². The van der Waals surface area contributed by atoms with E-state index >= 15 is 0 Å². The van der Waals surface area contributed by atoms with Crippen molar-refractivity contribution in [3.63, 3.8) is 0 Å². The summed E-state index contributed by atoms with van der Waals surface area (Å²) in [6.07, 6.45) is 5.36. The molecule has 1 saturated carbocycles. The summed E-state index contributed by atoms with van der Waals surface area (Å²) in [5, 5.41) is 8.98. The SMILES string of the molecule is CN1CC2CCCCC2C1C#N. The summed E-state index contributed by atoms with van der Waals surface area (Å²) in [7, 11) is 2.09. The summed E-state index contributed by atoms with van der Waals surface area (Å²) in [4.78, 5) is 2.24. The van der Waals surface area contributed by atoms with Crippen LogP contribution in [0.1, 0.15) is 25.7 Å². The van der Waals surface area contributed by atoms with E-state index in [0.717, 1.165) is 12.5 Å². The Morgan fingerprint density at radius 3 is 2.83 bits per heavy atom. The summed E-state index contributed by atoms with van der Waals surface area (Å²) < 4.78 is 0. The monoisotopic (exact) mass is 164 g/mol. The molecule has 2 heteroatoms. The second-order valence-electron chi connectivity index (χ2n) is 4.22. The van der Waals surface area contributed by atoms with Gasteiger partial charge in [0.15, 0.2) is 0 Å².